The normalized spacial score (nSPS) is 11.5. The Kier molecular flexibility index (Phi) is 3.61. The lowest BCUT2D eigenvalue weighted by atomic mass is 10.1. The molecular formula is C19H13F2N7. The van der Waals surface area contributed by atoms with Gasteiger partial charge in [0.1, 0.15) is 0 Å². The van der Waals surface area contributed by atoms with Gasteiger partial charge in [0.15, 0.2) is 23.1 Å². The number of nitrogens with zero attached hydrogens (tertiary/aromatic N) is 7. The summed E-state index contributed by atoms with van der Waals surface area (Å²) in [5.74, 6) is -1.54. The van der Waals surface area contributed by atoms with E-state index < -0.39 is 11.6 Å². The molecular weight excluding hydrogens is 364 g/mol. The summed E-state index contributed by atoms with van der Waals surface area (Å²) in [5.41, 5.74) is 2.34. The molecule has 4 heterocycles. The second-order valence-electron chi connectivity index (χ2n) is 6.39. The zero-order chi connectivity index (χ0) is 19.3. The predicted molar refractivity (Wildman–Crippen MR) is 97.4 cm³/mol. The maximum atomic E-state index is 14.5. The van der Waals surface area contributed by atoms with Crippen LogP contribution in [0.25, 0.3) is 27.8 Å². The number of aryl methyl sites for hydroxylation is 1. The van der Waals surface area contributed by atoms with Crippen molar-refractivity contribution in [2.24, 2.45) is 7.05 Å². The van der Waals surface area contributed by atoms with Crippen molar-refractivity contribution in [2.75, 3.05) is 0 Å². The number of hydrogen-bond donors (Lipinski definition) is 0. The standard InChI is InChI=1S/C19H13F2N7/c1-27-10-11(9-22-27)13-6-7-16-24-25-17(28(16)26-13)8-15-19(21)18(20)12-4-2-3-5-14(12)23-15/h2-7,9-10H,8H2,1H3. The largest absolute Gasteiger partial charge is 0.275 e. The first kappa shape index (κ1) is 16.4. The van der Waals surface area contributed by atoms with E-state index in [-0.39, 0.29) is 17.5 Å². The lowest BCUT2D eigenvalue weighted by Gasteiger charge is -2.06. The first-order chi connectivity index (χ1) is 13.6. The van der Waals surface area contributed by atoms with Gasteiger partial charge in [0.2, 0.25) is 0 Å². The Morgan fingerprint density at radius 3 is 2.68 bits per heavy atom. The summed E-state index contributed by atoms with van der Waals surface area (Å²) < 4.78 is 32.1. The molecule has 0 bridgehead atoms. The SMILES string of the molecule is Cn1cc(-c2ccc3nnc(Cc4nc5ccccc5c(F)c4F)n3n2)cn1. The fourth-order valence-corrected chi connectivity index (χ4v) is 3.11. The Bertz CT molecular complexity index is 1340. The summed E-state index contributed by atoms with van der Waals surface area (Å²) >= 11 is 0. The van der Waals surface area contributed by atoms with Crippen LogP contribution in [0.3, 0.4) is 0 Å². The topological polar surface area (TPSA) is 73.8 Å². The minimum Gasteiger partial charge on any atom is -0.275 e. The molecule has 1 aromatic carbocycles. The monoisotopic (exact) mass is 377 g/mol. The minimum absolute atomic E-state index is 0.0425. The third kappa shape index (κ3) is 2.59. The van der Waals surface area contributed by atoms with Crippen molar-refractivity contribution >= 4 is 16.6 Å². The van der Waals surface area contributed by atoms with Gasteiger partial charge in [-0.3, -0.25) is 4.68 Å². The number of rotatable bonds is 3. The van der Waals surface area contributed by atoms with E-state index in [1.807, 2.05) is 13.2 Å². The molecule has 28 heavy (non-hydrogen) atoms. The third-order valence-corrected chi connectivity index (χ3v) is 4.50. The van der Waals surface area contributed by atoms with E-state index in [9.17, 15) is 8.78 Å². The highest BCUT2D eigenvalue weighted by Crippen LogP contribution is 2.23. The predicted octanol–water partition coefficient (Wildman–Crippen LogP) is 2.94. The Labute approximate surface area is 157 Å². The molecule has 0 atom stereocenters. The van der Waals surface area contributed by atoms with Crippen molar-refractivity contribution < 1.29 is 8.78 Å². The summed E-state index contributed by atoms with van der Waals surface area (Å²) in [5, 5.41) is 16.9. The highest BCUT2D eigenvalue weighted by molar-refractivity contribution is 5.79. The van der Waals surface area contributed by atoms with Crippen LogP contribution in [0, 0.1) is 11.6 Å². The summed E-state index contributed by atoms with van der Waals surface area (Å²) in [4.78, 5) is 4.26. The van der Waals surface area contributed by atoms with Crippen LogP contribution in [-0.4, -0.2) is 34.6 Å². The molecule has 0 spiro atoms. The Morgan fingerprint density at radius 1 is 1.00 bits per heavy atom. The Hall–Kier alpha value is -3.75. The summed E-state index contributed by atoms with van der Waals surface area (Å²) in [6.45, 7) is 0. The van der Waals surface area contributed by atoms with Gasteiger partial charge in [-0.05, 0) is 24.3 Å². The maximum Gasteiger partial charge on any atom is 0.181 e. The first-order valence-corrected chi connectivity index (χ1v) is 8.53. The van der Waals surface area contributed by atoms with E-state index in [4.69, 9.17) is 0 Å². The summed E-state index contributed by atoms with van der Waals surface area (Å²) in [6.07, 6.45) is 3.48. The summed E-state index contributed by atoms with van der Waals surface area (Å²) in [7, 11) is 1.81. The molecule has 0 fully saturated rings. The molecule has 0 unspecified atom stereocenters. The van der Waals surface area contributed by atoms with Crippen molar-refractivity contribution in [3.63, 3.8) is 0 Å². The first-order valence-electron chi connectivity index (χ1n) is 8.53. The molecule has 0 aliphatic heterocycles. The van der Waals surface area contributed by atoms with Crippen LogP contribution in [0.2, 0.25) is 0 Å². The van der Waals surface area contributed by atoms with Crippen molar-refractivity contribution in [1.29, 1.82) is 0 Å². The van der Waals surface area contributed by atoms with Gasteiger partial charge in [-0.1, -0.05) is 12.1 Å². The van der Waals surface area contributed by atoms with Gasteiger partial charge in [-0.2, -0.15) is 14.7 Å². The lowest BCUT2D eigenvalue weighted by molar-refractivity contribution is 0.502. The number of para-hydroxylation sites is 1. The van der Waals surface area contributed by atoms with Crippen LogP contribution in [0.1, 0.15) is 11.5 Å². The number of pyridine rings is 1. The van der Waals surface area contributed by atoms with Crippen LogP contribution in [-0.2, 0) is 13.5 Å². The van der Waals surface area contributed by atoms with E-state index >= 15 is 0 Å². The van der Waals surface area contributed by atoms with Crippen LogP contribution in [0.4, 0.5) is 8.78 Å². The van der Waals surface area contributed by atoms with Crippen molar-refractivity contribution in [1.82, 2.24) is 34.6 Å². The average molecular weight is 377 g/mol. The lowest BCUT2D eigenvalue weighted by Crippen LogP contribution is -2.06. The maximum absolute atomic E-state index is 14.5. The van der Waals surface area contributed by atoms with Crippen LogP contribution >= 0.6 is 0 Å². The molecule has 9 heteroatoms. The van der Waals surface area contributed by atoms with Gasteiger partial charge in [0.05, 0.1) is 29.5 Å². The highest BCUT2D eigenvalue weighted by atomic mass is 19.2. The quantitative estimate of drug-likeness (QED) is 0.483. The zero-order valence-corrected chi connectivity index (χ0v) is 14.7. The minimum atomic E-state index is -0.987. The van der Waals surface area contributed by atoms with Crippen molar-refractivity contribution in [2.45, 2.75) is 6.42 Å². The molecule has 5 rings (SSSR count). The molecule has 0 radical (unpaired) electrons. The second-order valence-corrected chi connectivity index (χ2v) is 6.39. The third-order valence-electron chi connectivity index (χ3n) is 4.50. The molecule has 7 nitrogen and oxygen atoms in total. The number of hydrogen-bond acceptors (Lipinski definition) is 5. The van der Waals surface area contributed by atoms with Gasteiger partial charge in [-0.15, -0.1) is 10.2 Å². The molecule has 0 N–H and O–H groups in total. The van der Waals surface area contributed by atoms with E-state index in [2.05, 4.69) is 25.4 Å². The molecule has 0 saturated carbocycles. The summed E-state index contributed by atoms with van der Waals surface area (Å²) in [6, 6.07) is 10.1. The van der Waals surface area contributed by atoms with Gasteiger partial charge < -0.3 is 0 Å². The van der Waals surface area contributed by atoms with Crippen molar-refractivity contribution in [3.05, 3.63) is 71.9 Å². The Morgan fingerprint density at radius 2 is 1.86 bits per heavy atom. The van der Waals surface area contributed by atoms with Crippen LogP contribution in [0.15, 0.2) is 48.8 Å². The molecule has 0 aliphatic rings. The molecule has 0 amide bonds. The Balaban J connectivity index is 1.60. The van der Waals surface area contributed by atoms with Gasteiger partial charge in [-0.25, -0.2) is 13.8 Å². The molecule has 0 aliphatic carbocycles. The van der Waals surface area contributed by atoms with Gasteiger partial charge in [0.25, 0.3) is 0 Å². The number of fused-ring (bicyclic) bond motifs is 2. The smallest absolute Gasteiger partial charge is 0.181 e. The van der Waals surface area contributed by atoms with Crippen molar-refractivity contribution in [3.8, 4) is 11.3 Å². The highest BCUT2D eigenvalue weighted by Gasteiger charge is 2.18. The number of aromatic nitrogens is 7. The fraction of sp³-hybridized carbons (Fsp3) is 0.105. The van der Waals surface area contributed by atoms with E-state index in [0.717, 1.165) is 5.56 Å². The zero-order valence-electron chi connectivity index (χ0n) is 14.7. The number of halogens is 2. The van der Waals surface area contributed by atoms with Gasteiger partial charge >= 0.3 is 0 Å². The fourth-order valence-electron chi connectivity index (χ4n) is 3.11. The van der Waals surface area contributed by atoms with E-state index in [1.165, 1.54) is 10.6 Å². The second kappa shape index (κ2) is 6.15. The van der Waals surface area contributed by atoms with Gasteiger partial charge in [0, 0.05) is 24.2 Å². The molecule has 5 aromatic rings. The van der Waals surface area contributed by atoms with Crippen LogP contribution < -0.4 is 0 Å². The number of benzene rings is 1. The van der Waals surface area contributed by atoms with Crippen LogP contribution in [0.5, 0.6) is 0 Å². The molecule has 4 aromatic heterocycles. The van der Waals surface area contributed by atoms with E-state index in [0.29, 0.717) is 22.7 Å². The average Bonchev–Trinajstić information content (AvgIpc) is 3.32. The molecule has 0 saturated heterocycles. The van der Waals surface area contributed by atoms with E-state index in [1.54, 1.807) is 41.2 Å². The molecule has 138 valence electrons.